The second-order valence-electron chi connectivity index (χ2n) is 15.6. The van der Waals surface area contributed by atoms with Crippen LogP contribution in [0.1, 0.15) is 77.3 Å². The molecule has 0 saturated heterocycles. The summed E-state index contributed by atoms with van der Waals surface area (Å²) >= 11 is 12.5. The standard InChI is InChI=1S/C26H27ClN4O4.C25H22ClN3O4.CH4/c1-17(2)35-23-14-11-20(15-22(23)27)25(33)30-31(26(34)28-3)16-18-9-12-21(13-10-18)29-24(32)19-7-5-4-6-8-19;1-16(2)32-22-13-10-19(14-21(22)26)24-28-29(25(31)33-24)15-17-8-11-20(12-9-17)27-23(30)18-6-4-3-5-7-18;/h4-15,17H,16H2,1-3H3,(H,28,34)(H,29,32)(H,30,33);3-14,16H,15H2,1-2H3,(H,27,30);1H4. The smallest absolute Gasteiger partial charge is 0.437 e. The van der Waals surface area contributed by atoms with E-state index in [0.717, 1.165) is 16.1 Å². The van der Waals surface area contributed by atoms with Gasteiger partial charge in [-0.25, -0.2) is 14.6 Å². The van der Waals surface area contributed by atoms with E-state index < -0.39 is 17.7 Å². The summed E-state index contributed by atoms with van der Waals surface area (Å²) in [5.74, 6) is -0.295. The molecule has 0 aliphatic heterocycles. The summed E-state index contributed by atoms with van der Waals surface area (Å²) in [6.07, 6.45) is -0.0718. The fraction of sp³-hybridized carbons (Fsp3) is 0.192. The number of rotatable bonds is 14. The molecule has 7 rings (SSSR count). The fourth-order valence-corrected chi connectivity index (χ4v) is 6.76. The van der Waals surface area contributed by atoms with Gasteiger partial charge in [0.2, 0.25) is 5.89 Å². The van der Waals surface area contributed by atoms with Crippen molar-refractivity contribution in [3.63, 3.8) is 0 Å². The number of halogens is 2. The van der Waals surface area contributed by atoms with Crippen LogP contribution in [0.2, 0.25) is 10.0 Å². The molecule has 0 spiro atoms. The summed E-state index contributed by atoms with van der Waals surface area (Å²) in [5, 5.41) is 14.3. The van der Waals surface area contributed by atoms with Crippen LogP contribution in [-0.4, -0.2) is 57.8 Å². The maximum Gasteiger partial charge on any atom is 0.437 e. The third-order valence-corrected chi connectivity index (χ3v) is 10.2. The third kappa shape index (κ3) is 15.1. The maximum absolute atomic E-state index is 12.8. The predicted molar refractivity (Wildman–Crippen MR) is 269 cm³/mol. The van der Waals surface area contributed by atoms with Crippen molar-refractivity contribution in [2.75, 3.05) is 17.7 Å². The second-order valence-corrected chi connectivity index (χ2v) is 16.4. The van der Waals surface area contributed by atoms with E-state index in [9.17, 15) is 24.0 Å². The average molecular weight is 975 g/mol. The van der Waals surface area contributed by atoms with E-state index in [2.05, 4.69) is 26.5 Å². The molecule has 5 amide bonds. The summed E-state index contributed by atoms with van der Waals surface area (Å²) in [5.41, 5.74) is 7.41. The van der Waals surface area contributed by atoms with Crippen molar-refractivity contribution in [3.8, 4) is 23.0 Å². The summed E-state index contributed by atoms with van der Waals surface area (Å²) < 4.78 is 17.8. The molecule has 0 fully saturated rings. The monoisotopic (exact) mass is 973 g/mol. The van der Waals surface area contributed by atoms with Crippen LogP contribution >= 0.6 is 23.2 Å². The number of hydrogen-bond donors (Lipinski definition) is 4. The molecular formula is C52H53Cl2N7O8. The van der Waals surface area contributed by atoms with Gasteiger partial charge in [-0.05, 0) is 124 Å². The molecule has 0 bridgehead atoms. The Kier molecular flexibility index (Phi) is 18.7. The topological polar surface area (TPSA) is 186 Å². The Morgan fingerprint density at radius 3 is 1.61 bits per heavy atom. The maximum atomic E-state index is 12.8. The van der Waals surface area contributed by atoms with Gasteiger partial charge in [0.1, 0.15) is 11.5 Å². The molecule has 1 aromatic heterocycles. The Hall–Kier alpha value is -7.88. The van der Waals surface area contributed by atoms with Gasteiger partial charge in [-0.2, -0.15) is 4.68 Å². The number of nitrogens with zero attached hydrogens (tertiary/aromatic N) is 3. The van der Waals surface area contributed by atoms with Crippen LogP contribution < -0.4 is 36.6 Å². The van der Waals surface area contributed by atoms with Gasteiger partial charge in [-0.3, -0.25) is 19.8 Å². The zero-order valence-electron chi connectivity index (χ0n) is 37.8. The first-order valence-electron chi connectivity index (χ1n) is 21.4. The Morgan fingerprint density at radius 1 is 0.638 bits per heavy atom. The normalized spacial score (nSPS) is 10.5. The average Bonchev–Trinajstić information content (AvgIpc) is 3.70. The first kappa shape index (κ1) is 52.1. The van der Waals surface area contributed by atoms with Crippen LogP contribution in [0.5, 0.6) is 11.5 Å². The minimum absolute atomic E-state index is 0. The fourth-order valence-electron chi connectivity index (χ4n) is 6.31. The number of hydrazine groups is 1. The number of hydrogen-bond acceptors (Lipinski definition) is 9. The van der Waals surface area contributed by atoms with Gasteiger partial charge in [0.15, 0.2) is 0 Å². The molecule has 0 aliphatic carbocycles. The summed E-state index contributed by atoms with van der Waals surface area (Å²) in [6, 6.07) is 41.3. The molecule has 0 saturated carbocycles. The van der Waals surface area contributed by atoms with Crippen molar-refractivity contribution < 1.29 is 33.1 Å². The van der Waals surface area contributed by atoms with E-state index in [1.165, 1.54) is 17.8 Å². The van der Waals surface area contributed by atoms with Gasteiger partial charge in [-0.1, -0.05) is 91.3 Å². The van der Waals surface area contributed by atoms with Gasteiger partial charge < -0.3 is 29.8 Å². The molecule has 0 atom stereocenters. The number of anilines is 2. The summed E-state index contributed by atoms with van der Waals surface area (Å²) in [4.78, 5) is 62.1. The molecule has 0 radical (unpaired) electrons. The van der Waals surface area contributed by atoms with Crippen LogP contribution in [0.15, 0.2) is 155 Å². The van der Waals surface area contributed by atoms with Crippen molar-refractivity contribution in [2.45, 2.75) is 60.4 Å². The Bertz CT molecular complexity index is 2890. The number of benzene rings is 6. The number of aromatic nitrogens is 2. The summed E-state index contributed by atoms with van der Waals surface area (Å²) in [7, 11) is 1.47. The molecular weight excluding hydrogens is 922 g/mol. The quantitative estimate of drug-likeness (QED) is 0.0770. The van der Waals surface area contributed by atoms with E-state index >= 15 is 0 Å². The van der Waals surface area contributed by atoms with Crippen LogP contribution in [0.3, 0.4) is 0 Å². The molecule has 0 unspecified atom stereocenters. The van der Waals surface area contributed by atoms with Crippen molar-refractivity contribution in [2.24, 2.45) is 0 Å². The van der Waals surface area contributed by atoms with Crippen molar-refractivity contribution in [1.82, 2.24) is 25.5 Å². The number of amides is 5. The SMILES string of the molecule is C.CC(C)Oc1ccc(-c2nn(Cc3ccc(NC(=O)c4ccccc4)cc3)c(=O)o2)cc1Cl.CNC(=O)N(Cc1ccc(NC(=O)c2ccccc2)cc1)NC(=O)c1ccc(OC(C)C)c(Cl)c1. The van der Waals surface area contributed by atoms with Gasteiger partial charge >= 0.3 is 11.8 Å². The van der Waals surface area contributed by atoms with Gasteiger partial charge in [0.05, 0.1) is 35.3 Å². The highest BCUT2D eigenvalue weighted by Gasteiger charge is 2.19. The highest BCUT2D eigenvalue weighted by atomic mass is 35.5. The lowest BCUT2D eigenvalue weighted by Crippen LogP contribution is -2.49. The molecule has 15 nitrogen and oxygen atoms in total. The number of carbonyl (C=O) groups excluding carboxylic acids is 4. The zero-order valence-corrected chi connectivity index (χ0v) is 39.3. The van der Waals surface area contributed by atoms with Gasteiger partial charge in [0.25, 0.3) is 17.7 Å². The molecule has 69 heavy (non-hydrogen) atoms. The van der Waals surface area contributed by atoms with Crippen molar-refractivity contribution >= 4 is 58.3 Å². The molecule has 0 aliphatic rings. The number of carbonyl (C=O) groups is 4. The van der Waals surface area contributed by atoms with E-state index in [1.54, 1.807) is 103 Å². The van der Waals surface area contributed by atoms with Crippen LogP contribution in [0, 0.1) is 0 Å². The third-order valence-electron chi connectivity index (χ3n) is 9.57. The Morgan fingerprint density at radius 2 is 1.13 bits per heavy atom. The largest absolute Gasteiger partial charge is 0.489 e. The second kappa shape index (κ2) is 24.8. The Balaban J connectivity index is 0.000000254. The van der Waals surface area contributed by atoms with E-state index in [1.807, 2.05) is 64.1 Å². The van der Waals surface area contributed by atoms with E-state index in [-0.39, 0.29) is 56.0 Å². The van der Waals surface area contributed by atoms with Crippen LogP contribution in [-0.2, 0) is 13.1 Å². The first-order valence-corrected chi connectivity index (χ1v) is 22.1. The lowest BCUT2D eigenvalue weighted by atomic mass is 10.1. The molecule has 7 aromatic rings. The lowest BCUT2D eigenvalue weighted by molar-refractivity contribution is 0.0818. The highest BCUT2D eigenvalue weighted by molar-refractivity contribution is 6.32. The lowest BCUT2D eigenvalue weighted by Gasteiger charge is -2.23. The van der Waals surface area contributed by atoms with Gasteiger partial charge in [0, 0.05) is 40.7 Å². The van der Waals surface area contributed by atoms with Gasteiger partial charge in [-0.15, -0.1) is 5.10 Å². The molecule has 17 heteroatoms. The van der Waals surface area contributed by atoms with E-state index in [4.69, 9.17) is 37.1 Å². The number of ether oxygens (including phenoxy) is 2. The number of urea groups is 1. The van der Waals surface area contributed by atoms with Crippen molar-refractivity contribution in [3.05, 3.63) is 194 Å². The zero-order chi connectivity index (χ0) is 48.7. The first-order chi connectivity index (χ1) is 32.6. The molecule has 4 N–H and O–H groups in total. The molecule has 358 valence electrons. The molecule has 1 heterocycles. The van der Waals surface area contributed by atoms with Crippen LogP contribution in [0.4, 0.5) is 16.2 Å². The Labute approximate surface area is 410 Å². The minimum Gasteiger partial charge on any atom is -0.489 e. The van der Waals surface area contributed by atoms with Crippen molar-refractivity contribution in [1.29, 1.82) is 0 Å². The predicted octanol–water partition coefficient (Wildman–Crippen LogP) is 10.7. The highest BCUT2D eigenvalue weighted by Crippen LogP contribution is 2.30. The molecule has 6 aromatic carbocycles. The van der Waals surface area contributed by atoms with Crippen LogP contribution in [0.25, 0.3) is 11.5 Å². The summed E-state index contributed by atoms with van der Waals surface area (Å²) in [6.45, 7) is 7.89. The number of nitrogens with one attached hydrogen (secondary N) is 4. The minimum atomic E-state index is -0.579. The van der Waals surface area contributed by atoms with E-state index in [0.29, 0.717) is 49.6 Å².